The average molecular weight is 226 g/mol. The molecule has 0 aromatic rings. The summed E-state index contributed by atoms with van der Waals surface area (Å²) in [7, 11) is 1.81. The molecule has 2 fully saturated rings. The van der Waals surface area contributed by atoms with Crippen LogP contribution in [0.3, 0.4) is 0 Å². The maximum atomic E-state index is 5.99. The molecule has 1 unspecified atom stereocenters. The minimum Gasteiger partial charge on any atom is -0.381 e. The van der Waals surface area contributed by atoms with Gasteiger partial charge >= 0.3 is 0 Å². The molecule has 1 heterocycles. The third kappa shape index (κ3) is 2.01. The van der Waals surface area contributed by atoms with Crippen LogP contribution in [0.5, 0.6) is 0 Å². The van der Waals surface area contributed by atoms with Crippen molar-refractivity contribution in [2.24, 2.45) is 17.6 Å². The van der Waals surface area contributed by atoms with Crippen LogP contribution >= 0.6 is 0 Å². The van der Waals surface area contributed by atoms with Crippen molar-refractivity contribution in [1.82, 2.24) is 4.90 Å². The van der Waals surface area contributed by atoms with Gasteiger partial charge in [-0.2, -0.15) is 0 Å². The number of likely N-dealkylation sites (tertiary alicyclic amines) is 1. The fourth-order valence-corrected chi connectivity index (χ4v) is 3.27. The zero-order valence-electron chi connectivity index (χ0n) is 10.9. The molecule has 1 atom stereocenters. The lowest BCUT2D eigenvalue weighted by Crippen LogP contribution is -2.63. The molecule has 1 saturated heterocycles. The van der Waals surface area contributed by atoms with Crippen LogP contribution < -0.4 is 5.73 Å². The molecular formula is C13H26N2O. The second-order valence-electron chi connectivity index (χ2n) is 5.93. The molecule has 0 spiro atoms. The van der Waals surface area contributed by atoms with Gasteiger partial charge in [-0.05, 0) is 37.6 Å². The van der Waals surface area contributed by atoms with Crippen molar-refractivity contribution >= 4 is 0 Å². The highest BCUT2D eigenvalue weighted by Crippen LogP contribution is 2.42. The van der Waals surface area contributed by atoms with Gasteiger partial charge in [-0.15, -0.1) is 0 Å². The van der Waals surface area contributed by atoms with Gasteiger partial charge in [0.15, 0.2) is 0 Å². The highest BCUT2D eigenvalue weighted by molar-refractivity contribution is 5.06. The van der Waals surface area contributed by atoms with Crippen molar-refractivity contribution < 1.29 is 4.74 Å². The van der Waals surface area contributed by atoms with Crippen molar-refractivity contribution in [3.63, 3.8) is 0 Å². The van der Waals surface area contributed by atoms with E-state index in [1.165, 1.54) is 19.5 Å². The molecule has 2 N–H and O–H groups in total. The summed E-state index contributed by atoms with van der Waals surface area (Å²) in [4.78, 5) is 2.63. The highest BCUT2D eigenvalue weighted by atomic mass is 16.5. The van der Waals surface area contributed by atoms with Crippen LogP contribution in [0, 0.1) is 11.8 Å². The molecule has 0 aromatic heterocycles. The normalized spacial score (nSPS) is 40.3. The third-order valence-electron chi connectivity index (χ3n) is 4.77. The summed E-state index contributed by atoms with van der Waals surface area (Å²) in [6.07, 6.45) is 4.05. The molecule has 16 heavy (non-hydrogen) atoms. The monoisotopic (exact) mass is 226 g/mol. The van der Waals surface area contributed by atoms with Crippen molar-refractivity contribution in [2.75, 3.05) is 26.7 Å². The number of nitrogens with two attached hydrogens (primary N) is 1. The standard InChI is InChI=1S/C13H26N2O/c1-10(2)11-4-5-15(8-11)13(9-14)6-12(7-13)16-3/h10-12H,4-9,14H2,1-3H3. The molecule has 94 valence electrons. The van der Waals surface area contributed by atoms with Gasteiger partial charge in [-0.25, -0.2) is 0 Å². The second-order valence-corrected chi connectivity index (χ2v) is 5.93. The Hall–Kier alpha value is -0.120. The van der Waals surface area contributed by atoms with Gasteiger partial charge in [0.25, 0.3) is 0 Å². The lowest BCUT2D eigenvalue weighted by molar-refractivity contribution is -0.0808. The van der Waals surface area contributed by atoms with E-state index in [1.54, 1.807) is 0 Å². The smallest absolute Gasteiger partial charge is 0.0607 e. The summed E-state index contributed by atoms with van der Waals surface area (Å²) >= 11 is 0. The summed E-state index contributed by atoms with van der Waals surface area (Å²) in [5, 5.41) is 0. The molecule has 3 heteroatoms. The maximum Gasteiger partial charge on any atom is 0.0607 e. The number of ether oxygens (including phenoxy) is 1. The Morgan fingerprint density at radius 2 is 2.12 bits per heavy atom. The molecule has 3 nitrogen and oxygen atoms in total. The van der Waals surface area contributed by atoms with Crippen molar-refractivity contribution in [2.45, 2.75) is 44.8 Å². The van der Waals surface area contributed by atoms with Gasteiger partial charge in [-0.1, -0.05) is 13.8 Å². The number of hydrogen-bond acceptors (Lipinski definition) is 3. The van der Waals surface area contributed by atoms with Gasteiger partial charge in [0.05, 0.1) is 6.10 Å². The Morgan fingerprint density at radius 1 is 1.44 bits per heavy atom. The topological polar surface area (TPSA) is 38.5 Å². The fraction of sp³-hybridized carbons (Fsp3) is 1.00. The molecule has 2 rings (SSSR count). The molecule has 2 aliphatic rings. The Bertz CT molecular complexity index is 236. The fourth-order valence-electron chi connectivity index (χ4n) is 3.27. The summed E-state index contributed by atoms with van der Waals surface area (Å²) in [6.45, 7) is 7.93. The van der Waals surface area contributed by atoms with Crippen LogP contribution in [0.15, 0.2) is 0 Å². The molecule has 1 saturated carbocycles. The Balaban J connectivity index is 1.92. The van der Waals surface area contributed by atoms with E-state index in [1.807, 2.05) is 7.11 Å². The first-order valence-corrected chi connectivity index (χ1v) is 6.59. The first-order valence-electron chi connectivity index (χ1n) is 6.59. The van der Waals surface area contributed by atoms with Crippen LogP contribution in [0.1, 0.15) is 33.1 Å². The van der Waals surface area contributed by atoms with Crippen LogP contribution in [0.4, 0.5) is 0 Å². The van der Waals surface area contributed by atoms with E-state index in [0.717, 1.165) is 31.2 Å². The van der Waals surface area contributed by atoms with Crippen LogP contribution in [0.2, 0.25) is 0 Å². The predicted molar refractivity (Wildman–Crippen MR) is 66.3 cm³/mol. The largest absolute Gasteiger partial charge is 0.381 e. The third-order valence-corrected chi connectivity index (χ3v) is 4.77. The van der Waals surface area contributed by atoms with Crippen LogP contribution in [-0.2, 0) is 4.74 Å². The summed E-state index contributed by atoms with van der Waals surface area (Å²) in [6, 6.07) is 0. The average Bonchev–Trinajstić information content (AvgIpc) is 2.67. The van der Waals surface area contributed by atoms with E-state index in [4.69, 9.17) is 10.5 Å². The molecule has 1 aliphatic carbocycles. The zero-order valence-corrected chi connectivity index (χ0v) is 10.9. The van der Waals surface area contributed by atoms with E-state index in [2.05, 4.69) is 18.7 Å². The molecule has 0 bridgehead atoms. The van der Waals surface area contributed by atoms with Gasteiger partial charge in [0, 0.05) is 25.7 Å². The number of rotatable bonds is 4. The van der Waals surface area contributed by atoms with Gasteiger partial charge in [0.2, 0.25) is 0 Å². The van der Waals surface area contributed by atoms with Crippen LogP contribution in [-0.4, -0.2) is 43.3 Å². The Labute approximate surface area is 99.3 Å². The summed E-state index contributed by atoms with van der Waals surface area (Å²) in [5.74, 6) is 1.67. The van der Waals surface area contributed by atoms with Gasteiger partial charge < -0.3 is 10.5 Å². The second kappa shape index (κ2) is 4.63. The minimum atomic E-state index is 0.268. The first-order chi connectivity index (χ1) is 7.61. The van der Waals surface area contributed by atoms with Crippen molar-refractivity contribution in [1.29, 1.82) is 0 Å². The Morgan fingerprint density at radius 3 is 2.56 bits per heavy atom. The first kappa shape index (κ1) is 12.3. The lowest BCUT2D eigenvalue weighted by Gasteiger charge is -2.52. The minimum absolute atomic E-state index is 0.268. The SMILES string of the molecule is COC1CC(CN)(N2CCC(C(C)C)C2)C1. The van der Waals surface area contributed by atoms with Crippen LogP contribution in [0.25, 0.3) is 0 Å². The van der Waals surface area contributed by atoms with Gasteiger partial charge in [-0.3, -0.25) is 4.90 Å². The summed E-state index contributed by atoms with van der Waals surface area (Å²) in [5.41, 5.74) is 6.26. The molecule has 0 aromatic carbocycles. The number of nitrogens with zero attached hydrogens (tertiary/aromatic N) is 1. The lowest BCUT2D eigenvalue weighted by atomic mass is 9.73. The van der Waals surface area contributed by atoms with Crippen molar-refractivity contribution in [3.8, 4) is 0 Å². The maximum absolute atomic E-state index is 5.99. The van der Waals surface area contributed by atoms with E-state index in [0.29, 0.717) is 6.10 Å². The zero-order chi connectivity index (χ0) is 11.8. The Kier molecular flexibility index (Phi) is 3.57. The van der Waals surface area contributed by atoms with Crippen molar-refractivity contribution in [3.05, 3.63) is 0 Å². The van der Waals surface area contributed by atoms with E-state index in [9.17, 15) is 0 Å². The van der Waals surface area contributed by atoms with Gasteiger partial charge in [0.1, 0.15) is 0 Å². The quantitative estimate of drug-likeness (QED) is 0.789. The number of hydrogen-bond donors (Lipinski definition) is 1. The molecule has 0 amide bonds. The number of methoxy groups -OCH3 is 1. The van der Waals surface area contributed by atoms with E-state index in [-0.39, 0.29) is 5.54 Å². The van der Waals surface area contributed by atoms with E-state index < -0.39 is 0 Å². The highest BCUT2D eigenvalue weighted by Gasteiger charge is 2.49. The molecule has 1 aliphatic heterocycles. The van der Waals surface area contributed by atoms with E-state index >= 15 is 0 Å². The predicted octanol–water partition coefficient (Wildman–Crippen LogP) is 1.47. The summed E-state index contributed by atoms with van der Waals surface area (Å²) < 4.78 is 5.39. The molecule has 0 radical (unpaired) electrons. The molecular weight excluding hydrogens is 200 g/mol.